The van der Waals surface area contributed by atoms with Gasteiger partial charge in [0.2, 0.25) is 16.8 Å². The summed E-state index contributed by atoms with van der Waals surface area (Å²) >= 11 is 1.52. The highest BCUT2D eigenvalue weighted by Crippen LogP contribution is 2.27. The summed E-state index contributed by atoms with van der Waals surface area (Å²) in [6.45, 7) is 4.03. The number of amides is 2. The Morgan fingerprint density at radius 3 is 2.25 bits per heavy atom. The maximum absolute atomic E-state index is 13.4. The topological polar surface area (TPSA) is 126 Å². The lowest BCUT2D eigenvalue weighted by molar-refractivity contribution is -0.123. The first-order valence-electron chi connectivity index (χ1n) is 11.4. The number of anilines is 1. The molecule has 3 rings (SSSR count). The van der Waals surface area contributed by atoms with E-state index in [-0.39, 0.29) is 5.91 Å². The molecule has 0 unspecified atom stereocenters. The zero-order valence-electron chi connectivity index (χ0n) is 20.3. The zero-order chi connectivity index (χ0) is 26.1. The Balaban J connectivity index is 1.86. The fourth-order valence-corrected chi connectivity index (χ4v) is 5.14. The molecule has 1 aromatic heterocycles. The lowest BCUT2D eigenvalue weighted by Crippen LogP contribution is -2.49. The van der Waals surface area contributed by atoms with Gasteiger partial charge in [0.1, 0.15) is 11.0 Å². The van der Waals surface area contributed by atoms with Crippen molar-refractivity contribution in [2.24, 2.45) is 0 Å². The molecule has 0 aliphatic carbocycles. The molecule has 0 radical (unpaired) electrons. The van der Waals surface area contributed by atoms with Crippen molar-refractivity contribution in [3.63, 3.8) is 0 Å². The average Bonchev–Trinajstić information content (AvgIpc) is 3.25. The smallest absolute Gasteiger partial charge is 0.407 e. The van der Waals surface area contributed by atoms with E-state index in [1.54, 1.807) is 24.3 Å². The summed E-state index contributed by atoms with van der Waals surface area (Å²) in [5, 5.41) is 6.47. The zero-order valence-corrected chi connectivity index (χ0v) is 22.0. The van der Waals surface area contributed by atoms with Gasteiger partial charge in [0.25, 0.3) is 0 Å². The number of nitrogens with one attached hydrogen (secondary N) is 3. The van der Waals surface area contributed by atoms with Crippen molar-refractivity contribution in [1.82, 2.24) is 15.6 Å². The Hall–Kier alpha value is -3.44. The molecule has 3 aromatic rings. The Bertz CT molecular complexity index is 1240. The van der Waals surface area contributed by atoms with Crippen LogP contribution in [0, 0.1) is 6.92 Å². The van der Waals surface area contributed by atoms with Gasteiger partial charge in [0, 0.05) is 17.0 Å². The number of rotatable bonds is 11. The number of thiazole rings is 1. The third-order valence-electron chi connectivity index (χ3n) is 5.55. The van der Waals surface area contributed by atoms with Crippen LogP contribution in [0.3, 0.4) is 0 Å². The van der Waals surface area contributed by atoms with Crippen LogP contribution in [0.15, 0.2) is 54.6 Å². The second-order valence-corrected chi connectivity index (χ2v) is 10.1. The first-order valence-corrected chi connectivity index (χ1v) is 13.4. The van der Waals surface area contributed by atoms with Crippen LogP contribution in [-0.2, 0) is 39.7 Å². The number of hydrogen-bond acceptors (Lipinski definition) is 7. The SMILES string of the molecule is CCc1nc([C@H](Cc2ccc(N[SH](=O)=O)cc2)NC(=O)[C@H](Cc2ccccc2)NC(=O)OC)sc1C. The van der Waals surface area contributed by atoms with Gasteiger partial charge in [-0.2, -0.15) is 0 Å². The largest absolute Gasteiger partial charge is 0.453 e. The van der Waals surface area contributed by atoms with Crippen LogP contribution >= 0.6 is 11.3 Å². The molecule has 0 aliphatic rings. The van der Waals surface area contributed by atoms with Gasteiger partial charge in [0.15, 0.2) is 0 Å². The lowest BCUT2D eigenvalue weighted by atomic mass is 10.0. The highest BCUT2D eigenvalue weighted by Gasteiger charge is 2.27. The third kappa shape index (κ3) is 7.79. The van der Waals surface area contributed by atoms with Crippen LogP contribution < -0.4 is 15.4 Å². The van der Waals surface area contributed by atoms with Gasteiger partial charge < -0.3 is 15.4 Å². The second-order valence-electron chi connectivity index (χ2n) is 8.12. The van der Waals surface area contributed by atoms with Gasteiger partial charge in [-0.05, 0) is 43.0 Å². The Morgan fingerprint density at radius 1 is 1.00 bits per heavy atom. The standard InChI is InChI=1S/C25H30N4O5S2/c1-4-20-16(2)35-24(27-20)22(15-18-10-12-19(13-11-18)29-36(32)33)26-23(30)21(28-25(31)34-3)14-17-8-6-5-7-9-17/h5-13,21-22,36H,4,14-15H2,1-3H3,(H,26,30)(H,28,31)(H,29,32,33)/t21-,22-/m0/s1. The van der Waals surface area contributed by atoms with Gasteiger partial charge in [0.05, 0.1) is 18.8 Å². The molecule has 3 N–H and O–H groups in total. The number of carbonyl (C=O) groups is 2. The molecule has 9 nitrogen and oxygen atoms in total. The van der Waals surface area contributed by atoms with E-state index in [1.807, 2.05) is 44.2 Å². The fourth-order valence-electron chi connectivity index (χ4n) is 3.72. The maximum Gasteiger partial charge on any atom is 0.407 e. The Kier molecular flexibility index (Phi) is 9.83. The summed E-state index contributed by atoms with van der Waals surface area (Å²) < 4.78 is 28.9. The normalized spacial score (nSPS) is 12.6. The molecule has 0 saturated heterocycles. The van der Waals surface area contributed by atoms with Gasteiger partial charge in [-0.3, -0.25) is 9.52 Å². The Morgan fingerprint density at radius 2 is 1.67 bits per heavy atom. The summed E-state index contributed by atoms with van der Waals surface area (Å²) in [5.41, 5.74) is 3.21. The van der Waals surface area contributed by atoms with Crippen LogP contribution in [0.4, 0.5) is 10.5 Å². The highest BCUT2D eigenvalue weighted by molar-refractivity contribution is 7.73. The van der Waals surface area contributed by atoms with Crippen molar-refractivity contribution in [3.8, 4) is 0 Å². The fraction of sp³-hybridized carbons (Fsp3) is 0.320. The van der Waals surface area contributed by atoms with Gasteiger partial charge in [-0.15, -0.1) is 11.3 Å². The van der Waals surface area contributed by atoms with Gasteiger partial charge >= 0.3 is 6.09 Å². The molecule has 2 atom stereocenters. The minimum Gasteiger partial charge on any atom is -0.453 e. The van der Waals surface area contributed by atoms with E-state index in [1.165, 1.54) is 18.4 Å². The van der Waals surface area contributed by atoms with Crippen molar-refractivity contribution in [1.29, 1.82) is 0 Å². The van der Waals surface area contributed by atoms with Crippen molar-refractivity contribution >= 4 is 39.9 Å². The van der Waals surface area contributed by atoms with Crippen LogP contribution in [0.5, 0.6) is 0 Å². The lowest BCUT2D eigenvalue weighted by Gasteiger charge is -2.22. The molecule has 36 heavy (non-hydrogen) atoms. The van der Waals surface area contributed by atoms with Gasteiger partial charge in [-0.1, -0.05) is 49.4 Å². The molecule has 0 aliphatic heterocycles. The molecule has 1 heterocycles. The number of aryl methyl sites for hydroxylation is 2. The first kappa shape index (κ1) is 27.2. The van der Waals surface area contributed by atoms with Crippen LogP contribution in [0.25, 0.3) is 0 Å². The molecule has 2 amide bonds. The number of hydrogen-bond donors (Lipinski definition) is 4. The molecule has 0 saturated carbocycles. The van der Waals surface area contributed by atoms with Crippen LogP contribution in [-0.4, -0.2) is 38.6 Å². The van der Waals surface area contributed by atoms with Crippen molar-refractivity contribution < 1.29 is 22.7 Å². The van der Waals surface area contributed by atoms with E-state index < -0.39 is 29.1 Å². The molecular weight excluding hydrogens is 500 g/mol. The third-order valence-corrected chi connectivity index (χ3v) is 7.12. The molecule has 2 aromatic carbocycles. The van der Waals surface area contributed by atoms with Crippen molar-refractivity contribution in [2.45, 2.75) is 45.2 Å². The van der Waals surface area contributed by atoms with E-state index in [4.69, 9.17) is 9.72 Å². The summed E-state index contributed by atoms with van der Waals surface area (Å²) in [5.74, 6) is -0.359. The number of alkyl carbamates (subject to hydrolysis) is 1. The number of carbonyl (C=O) groups excluding carboxylic acids is 2. The minimum absolute atomic E-state index is 0.291. The predicted octanol–water partition coefficient (Wildman–Crippen LogP) is 3.32. The van der Waals surface area contributed by atoms with Crippen molar-refractivity contribution in [3.05, 3.63) is 81.3 Å². The molecule has 0 bridgehead atoms. The van der Waals surface area contributed by atoms with Crippen molar-refractivity contribution in [2.75, 3.05) is 11.8 Å². The Labute approximate surface area is 216 Å². The summed E-state index contributed by atoms with van der Waals surface area (Å²) in [6, 6.07) is 15.0. The summed E-state index contributed by atoms with van der Waals surface area (Å²) in [4.78, 5) is 31.3. The van der Waals surface area contributed by atoms with Gasteiger partial charge in [-0.25, -0.2) is 18.2 Å². The first-order chi connectivity index (χ1) is 17.3. The number of aromatic nitrogens is 1. The monoisotopic (exact) mass is 530 g/mol. The van der Waals surface area contributed by atoms with E-state index in [0.717, 1.165) is 33.1 Å². The summed E-state index contributed by atoms with van der Waals surface area (Å²) in [7, 11) is -1.50. The molecular formula is C25H30N4O5S2. The molecule has 0 fully saturated rings. The van der Waals surface area contributed by atoms with E-state index in [0.29, 0.717) is 18.5 Å². The quantitative estimate of drug-likeness (QED) is 0.282. The number of nitrogens with zero attached hydrogens (tertiary/aromatic N) is 1. The van der Waals surface area contributed by atoms with Crippen LogP contribution in [0.2, 0.25) is 0 Å². The minimum atomic E-state index is -2.75. The number of thiol groups is 1. The average molecular weight is 531 g/mol. The van der Waals surface area contributed by atoms with E-state index in [9.17, 15) is 18.0 Å². The molecule has 11 heteroatoms. The molecule has 0 spiro atoms. The maximum atomic E-state index is 13.4. The highest BCUT2D eigenvalue weighted by atomic mass is 32.2. The number of benzene rings is 2. The van der Waals surface area contributed by atoms with E-state index in [2.05, 4.69) is 15.4 Å². The van der Waals surface area contributed by atoms with E-state index >= 15 is 0 Å². The summed E-state index contributed by atoms with van der Waals surface area (Å²) in [6.07, 6.45) is 0.805. The second kappa shape index (κ2) is 13.0. The van der Waals surface area contributed by atoms with Crippen LogP contribution in [0.1, 0.15) is 39.7 Å². The number of methoxy groups -OCH3 is 1. The number of ether oxygens (including phenoxy) is 1. The molecule has 192 valence electrons. The predicted molar refractivity (Wildman–Crippen MR) is 141 cm³/mol.